The Kier molecular flexibility index (Phi) is 3.33. The second kappa shape index (κ2) is 5.04. The lowest BCUT2D eigenvalue weighted by Gasteiger charge is -2.23. The molecule has 3 rings (SSSR count). The maximum Gasteiger partial charge on any atom is 0.337 e. The number of methoxy groups -OCH3 is 1. The van der Waals surface area contributed by atoms with Gasteiger partial charge in [0.15, 0.2) is 5.60 Å². The lowest BCUT2D eigenvalue weighted by molar-refractivity contribution is -0.160. The number of carbonyl (C=O) groups excluding carboxylic acids is 1. The first kappa shape index (κ1) is 13.9. The number of amides is 1. The van der Waals surface area contributed by atoms with Crippen molar-refractivity contribution in [3.05, 3.63) is 29.3 Å². The van der Waals surface area contributed by atoms with Crippen molar-refractivity contribution in [2.75, 3.05) is 26.8 Å². The van der Waals surface area contributed by atoms with Crippen LogP contribution in [0.3, 0.4) is 0 Å². The molecule has 1 saturated heterocycles. The number of rotatable bonds is 3. The minimum atomic E-state index is -1.28. The fourth-order valence-corrected chi connectivity index (χ4v) is 2.89. The molecule has 0 aromatic heterocycles. The summed E-state index contributed by atoms with van der Waals surface area (Å²) < 4.78 is 10.6. The van der Waals surface area contributed by atoms with Gasteiger partial charge in [0.2, 0.25) is 0 Å². The summed E-state index contributed by atoms with van der Waals surface area (Å²) in [5.41, 5.74) is 0.308. The number of nitrogens with zero attached hydrogens (tertiary/aromatic N) is 1. The van der Waals surface area contributed by atoms with E-state index in [4.69, 9.17) is 9.47 Å². The zero-order chi connectivity index (χ0) is 15.0. The molecule has 2 heterocycles. The quantitative estimate of drug-likeness (QED) is 0.897. The van der Waals surface area contributed by atoms with Crippen LogP contribution in [0.4, 0.5) is 0 Å². The zero-order valence-corrected chi connectivity index (χ0v) is 11.8. The van der Waals surface area contributed by atoms with Crippen molar-refractivity contribution in [2.24, 2.45) is 0 Å². The van der Waals surface area contributed by atoms with E-state index in [-0.39, 0.29) is 12.5 Å². The van der Waals surface area contributed by atoms with Gasteiger partial charge in [-0.1, -0.05) is 0 Å². The minimum Gasteiger partial charge on any atom is -0.493 e. The number of aliphatic carboxylic acids is 1. The number of carboxylic acid groups (broad SMARTS) is 1. The molecule has 1 fully saturated rings. The Morgan fingerprint density at radius 3 is 2.90 bits per heavy atom. The lowest BCUT2D eigenvalue weighted by atomic mass is 10.0. The van der Waals surface area contributed by atoms with E-state index in [1.54, 1.807) is 12.1 Å². The topological polar surface area (TPSA) is 76.1 Å². The van der Waals surface area contributed by atoms with Gasteiger partial charge in [0.1, 0.15) is 5.75 Å². The summed E-state index contributed by atoms with van der Waals surface area (Å²) in [5, 5.41) is 9.28. The molecule has 1 amide bonds. The third-order valence-electron chi connectivity index (χ3n) is 4.24. The molecule has 2 aliphatic heterocycles. The Balaban J connectivity index is 1.79. The van der Waals surface area contributed by atoms with Gasteiger partial charge in [-0.25, -0.2) is 4.79 Å². The van der Waals surface area contributed by atoms with Crippen LogP contribution in [0.2, 0.25) is 0 Å². The van der Waals surface area contributed by atoms with E-state index in [2.05, 4.69) is 0 Å². The standard InChI is InChI=1S/C15H17NO5/c1-20-15(14(18)19)5-6-16(9-15)13(17)11-2-3-12-10(8-11)4-7-21-12/h2-3,8H,4-7,9H2,1H3,(H,18,19). The van der Waals surface area contributed by atoms with Gasteiger partial charge in [-0.05, 0) is 23.8 Å². The molecule has 0 radical (unpaired) electrons. The van der Waals surface area contributed by atoms with Gasteiger partial charge in [-0.15, -0.1) is 0 Å². The average Bonchev–Trinajstić information content (AvgIpc) is 3.13. The molecule has 2 aliphatic rings. The van der Waals surface area contributed by atoms with Crippen LogP contribution in [0, 0.1) is 0 Å². The van der Waals surface area contributed by atoms with Crippen LogP contribution in [-0.4, -0.2) is 54.3 Å². The Morgan fingerprint density at radius 1 is 1.43 bits per heavy atom. The summed E-state index contributed by atoms with van der Waals surface area (Å²) in [6, 6.07) is 5.35. The second-order valence-corrected chi connectivity index (χ2v) is 5.40. The SMILES string of the molecule is COC1(C(=O)O)CCN(C(=O)c2ccc3c(c2)CCO3)C1. The number of ether oxygens (including phenoxy) is 2. The Hall–Kier alpha value is -2.08. The maximum atomic E-state index is 12.5. The summed E-state index contributed by atoms with van der Waals surface area (Å²) >= 11 is 0. The van der Waals surface area contributed by atoms with Crippen LogP contribution in [-0.2, 0) is 16.0 Å². The number of fused-ring (bicyclic) bond motifs is 1. The molecule has 112 valence electrons. The molecular formula is C15H17NO5. The van der Waals surface area contributed by atoms with Crippen LogP contribution in [0.15, 0.2) is 18.2 Å². The summed E-state index contributed by atoms with van der Waals surface area (Å²) in [4.78, 5) is 25.4. The van der Waals surface area contributed by atoms with Crippen molar-refractivity contribution in [3.63, 3.8) is 0 Å². The van der Waals surface area contributed by atoms with Crippen molar-refractivity contribution in [1.29, 1.82) is 0 Å². The Bertz CT molecular complexity index is 600. The predicted octanol–water partition coefficient (Wildman–Crippen LogP) is 0.937. The summed E-state index contributed by atoms with van der Waals surface area (Å²) in [6.07, 6.45) is 1.10. The smallest absolute Gasteiger partial charge is 0.337 e. The molecule has 21 heavy (non-hydrogen) atoms. The van der Waals surface area contributed by atoms with E-state index in [0.717, 1.165) is 17.7 Å². The highest BCUT2D eigenvalue weighted by molar-refractivity contribution is 5.95. The molecule has 1 atom stereocenters. The van der Waals surface area contributed by atoms with E-state index < -0.39 is 11.6 Å². The number of carbonyl (C=O) groups is 2. The van der Waals surface area contributed by atoms with Gasteiger partial charge in [0.05, 0.1) is 13.2 Å². The van der Waals surface area contributed by atoms with E-state index in [1.807, 2.05) is 6.07 Å². The van der Waals surface area contributed by atoms with E-state index in [1.165, 1.54) is 12.0 Å². The molecule has 6 nitrogen and oxygen atoms in total. The summed E-state index contributed by atoms with van der Waals surface area (Å²) in [6.45, 7) is 1.10. The van der Waals surface area contributed by atoms with Crippen molar-refractivity contribution in [3.8, 4) is 5.75 Å². The zero-order valence-electron chi connectivity index (χ0n) is 11.8. The van der Waals surface area contributed by atoms with Crippen LogP contribution in [0.25, 0.3) is 0 Å². The molecule has 1 unspecified atom stereocenters. The summed E-state index contributed by atoms with van der Waals surface area (Å²) in [7, 11) is 1.37. The number of carboxylic acids is 1. The Morgan fingerprint density at radius 2 is 2.24 bits per heavy atom. The van der Waals surface area contributed by atoms with Crippen molar-refractivity contribution in [2.45, 2.75) is 18.4 Å². The van der Waals surface area contributed by atoms with E-state index in [9.17, 15) is 14.7 Å². The molecule has 0 bridgehead atoms. The average molecular weight is 291 g/mol. The molecule has 6 heteroatoms. The van der Waals surface area contributed by atoms with Crippen LogP contribution in [0.1, 0.15) is 22.3 Å². The molecule has 1 N–H and O–H groups in total. The molecule has 0 saturated carbocycles. The van der Waals surface area contributed by atoms with E-state index in [0.29, 0.717) is 25.1 Å². The first-order valence-electron chi connectivity index (χ1n) is 6.89. The maximum absolute atomic E-state index is 12.5. The highest BCUT2D eigenvalue weighted by Crippen LogP contribution is 2.29. The first-order valence-corrected chi connectivity index (χ1v) is 6.89. The highest BCUT2D eigenvalue weighted by Gasteiger charge is 2.46. The molecular weight excluding hydrogens is 274 g/mol. The van der Waals surface area contributed by atoms with Crippen LogP contribution < -0.4 is 4.74 Å². The summed E-state index contributed by atoms with van der Waals surface area (Å²) in [5.74, 6) is -0.364. The number of hydrogen-bond acceptors (Lipinski definition) is 4. The van der Waals surface area contributed by atoms with Gasteiger partial charge in [-0.3, -0.25) is 4.79 Å². The number of likely N-dealkylation sites (tertiary alicyclic amines) is 1. The van der Waals surface area contributed by atoms with Gasteiger partial charge >= 0.3 is 5.97 Å². The van der Waals surface area contributed by atoms with Crippen LogP contribution in [0.5, 0.6) is 5.75 Å². The monoisotopic (exact) mass is 291 g/mol. The van der Waals surface area contributed by atoms with E-state index >= 15 is 0 Å². The van der Waals surface area contributed by atoms with Gasteiger partial charge < -0.3 is 19.5 Å². The second-order valence-electron chi connectivity index (χ2n) is 5.40. The van der Waals surface area contributed by atoms with Gasteiger partial charge in [0.25, 0.3) is 5.91 Å². The molecule has 1 aromatic rings. The van der Waals surface area contributed by atoms with Crippen molar-refractivity contribution >= 4 is 11.9 Å². The fourth-order valence-electron chi connectivity index (χ4n) is 2.89. The number of hydrogen-bond donors (Lipinski definition) is 1. The predicted molar refractivity (Wildman–Crippen MR) is 73.5 cm³/mol. The lowest BCUT2D eigenvalue weighted by Crippen LogP contribution is -2.44. The third kappa shape index (κ3) is 2.25. The third-order valence-corrected chi connectivity index (χ3v) is 4.24. The van der Waals surface area contributed by atoms with Crippen molar-refractivity contribution < 1.29 is 24.2 Å². The largest absolute Gasteiger partial charge is 0.493 e. The molecule has 1 aromatic carbocycles. The van der Waals surface area contributed by atoms with Gasteiger partial charge in [-0.2, -0.15) is 0 Å². The first-order chi connectivity index (χ1) is 10.1. The van der Waals surface area contributed by atoms with Crippen molar-refractivity contribution in [1.82, 2.24) is 4.90 Å². The van der Waals surface area contributed by atoms with Crippen LogP contribution >= 0.6 is 0 Å². The molecule has 0 spiro atoms. The normalized spacial score (nSPS) is 23.8. The highest BCUT2D eigenvalue weighted by atomic mass is 16.5. The van der Waals surface area contributed by atoms with Gasteiger partial charge in [0, 0.05) is 32.1 Å². The fraction of sp³-hybridized carbons (Fsp3) is 0.467. The Labute approximate surface area is 122 Å². The molecule has 0 aliphatic carbocycles. The number of benzene rings is 1. The minimum absolute atomic E-state index is 0.0747.